The van der Waals surface area contributed by atoms with Crippen molar-refractivity contribution in [3.05, 3.63) is 18.2 Å². The summed E-state index contributed by atoms with van der Waals surface area (Å²) in [5.41, 5.74) is 0.663. The fourth-order valence-corrected chi connectivity index (χ4v) is 7.25. The molecule has 2 saturated heterocycles. The topological polar surface area (TPSA) is 85.3 Å². The molecule has 3 rings (SSSR count). The molecule has 2 atom stereocenters. The Balaban J connectivity index is 2.03. The number of ether oxygens (including phenoxy) is 2. The number of anilines is 1. The molecule has 0 saturated carbocycles. The van der Waals surface area contributed by atoms with Gasteiger partial charge in [-0.1, -0.05) is 25.1 Å². The van der Waals surface area contributed by atoms with Crippen LogP contribution in [0.1, 0.15) is 26.2 Å². The summed E-state index contributed by atoms with van der Waals surface area (Å²) in [5.74, 6) is 1.14. The number of unbranched alkanes of at least 4 members (excludes halogenated alkanes) is 1. The molecule has 0 radical (unpaired) electrons. The van der Waals surface area contributed by atoms with E-state index in [1.165, 1.54) is 11.8 Å². The number of rotatable bonds is 6. The summed E-state index contributed by atoms with van der Waals surface area (Å²) in [5, 5.41) is 0.385. The van der Waals surface area contributed by atoms with Crippen molar-refractivity contribution < 1.29 is 22.7 Å². The van der Waals surface area contributed by atoms with E-state index in [-0.39, 0.29) is 28.7 Å². The van der Waals surface area contributed by atoms with Crippen LogP contribution in [0.2, 0.25) is 0 Å². The minimum Gasteiger partial charge on any atom is -0.497 e. The first-order valence-corrected chi connectivity index (χ1v) is 11.6. The number of sulfone groups is 1. The Morgan fingerprint density at radius 1 is 1.30 bits per heavy atom. The van der Waals surface area contributed by atoms with Gasteiger partial charge in [-0.25, -0.2) is 8.42 Å². The van der Waals surface area contributed by atoms with Gasteiger partial charge >= 0.3 is 0 Å². The zero-order valence-electron chi connectivity index (χ0n) is 15.7. The van der Waals surface area contributed by atoms with E-state index in [2.05, 4.69) is 4.99 Å². The summed E-state index contributed by atoms with van der Waals surface area (Å²) in [6.45, 7) is 2.02. The van der Waals surface area contributed by atoms with Gasteiger partial charge in [0.05, 0.1) is 37.5 Å². The molecule has 2 fully saturated rings. The molecule has 0 N–H and O–H groups in total. The van der Waals surface area contributed by atoms with Crippen molar-refractivity contribution in [3.63, 3.8) is 0 Å². The van der Waals surface area contributed by atoms with Crippen LogP contribution in [0.5, 0.6) is 11.5 Å². The van der Waals surface area contributed by atoms with Crippen LogP contribution in [0.4, 0.5) is 5.69 Å². The Morgan fingerprint density at radius 2 is 2.07 bits per heavy atom. The van der Waals surface area contributed by atoms with Crippen molar-refractivity contribution in [3.8, 4) is 11.5 Å². The number of benzene rings is 1. The number of carbonyl (C=O) groups excluding carboxylic acids is 1. The highest BCUT2D eigenvalue weighted by Crippen LogP contribution is 2.45. The largest absolute Gasteiger partial charge is 0.497 e. The van der Waals surface area contributed by atoms with Gasteiger partial charge in [0.15, 0.2) is 15.0 Å². The Kier molecular flexibility index (Phi) is 6.00. The van der Waals surface area contributed by atoms with Gasteiger partial charge in [0.2, 0.25) is 5.91 Å². The highest BCUT2D eigenvalue weighted by molar-refractivity contribution is 8.16. The first kappa shape index (κ1) is 20.0. The molecule has 1 aromatic carbocycles. The standard InChI is InChI=1S/C18H24N2O5S2/c1-4-5-6-17(21)19-18-20(14-10-27(22,23)11-16(14)26-18)13-9-12(24-2)7-8-15(13)25-3/h7-9,14,16H,4-6,10-11H2,1-3H3/t14-,16+/m1/s1. The summed E-state index contributed by atoms with van der Waals surface area (Å²) >= 11 is 1.36. The lowest BCUT2D eigenvalue weighted by Crippen LogP contribution is -2.38. The SMILES string of the molecule is CCCCC(=O)N=C1S[C@H]2CS(=O)(=O)C[C@H]2N1c1cc(OC)ccc1OC. The zero-order chi connectivity index (χ0) is 19.6. The Hall–Kier alpha value is -1.74. The molecule has 0 bridgehead atoms. The Morgan fingerprint density at radius 3 is 2.74 bits per heavy atom. The third kappa shape index (κ3) is 4.24. The van der Waals surface area contributed by atoms with Crippen molar-refractivity contribution in [2.45, 2.75) is 37.5 Å². The van der Waals surface area contributed by atoms with Crippen LogP contribution in [0.15, 0.2) is 23.2 Å². The van der Waals surface area contributed by atoms with E-state index in [1.54, 1.807) is 32.4 Å². The van der Waals surface area contributed by atoms with Crippen molar-refractivity contribution >= 4 is 38.4 Å². The van der Waals surface area contributed by atoms with Gasteiger partial charge in [-0.2, -0.15) is 4.99 Å². The van der Waals surface area contributed by atoms with Crippen LogP contribution in [0.25, 0.3) is 0 Å². The summed E-state index contributed by atoms with van der Waals surface area (Å²) < 4.78 is 35.1. The zero-order valence-corrected chi connectivity index (χ0v) is 17.3. The van der Waals surface area contributed by atoms with Crippen molar-refractivity contribution in [1.82, 2.24) is 0 Å². The molecule has 148 valence electrons. The average Bonchev–Trinajstić information content (AvgIpc) is 3.10. The van der Waals surface area contributed by atoms with E-state index in [9.17, 15) is 13.2 Å². The second-order valence-corrected chi connectivity index (χ2v) is 9.96. The maximum absolute atomic E-state index is 12.3. The molecule has 0 spiro atoms. The number of amides is 1. The van der Waals surface area contributed by atoms with Crippen molar-refractivity contribution in [2.24, 2.45) is 4.99 Å². The van der Waals surface area contributed by atoms with E-state index in [0.29, 0.717) is 28.8 Å². The molecular weight excluding hydrogens is 388 g/mol. The monoisotopic (exact) mass is 412 g/mol. The molecule has 2 heterocycles. The van der Waals surface area contributed by atoms with Gasteiger partial charge < -0.3 is 14.4 Å². The van der Waals surface area contributed by atoms with Crippen LogP contribution in [-0.2, 0) is 14.6 Å². The average molecular weight is 413 g/mol. The lowest BCUT2D eigenvalue weighted by molar-refractivity contribution is -0.117. The molecule has 9 heteroatoms. The Labute approximate surface area is 164 Å². The molecule has 2 aliphatic heterocycles. The van der Waals surface area contributed by atoms with Gasteiger partial charge in [0, 0.05) is 17.7 Å². The molecule has 0 aromatic heterocycles. The van der Waals surface area contributed by atoms with Gasteiger partial charge in [0.1, 0.15) is 11.5 Å². The van der Waals surface area contributed by atoms with Crippen LogP contribution in [0, 0.1) is 0 Å². The number of methoxy groups -OCH3 is 2. The van der Waals surface area contributed by atoms with E-state index < -0.39 is 9.84 Å². The summed E-state index contributed by atoms with van der Waals surface area (Å²) in [7, 11) is -0.000179. The van der Waals surface area contributed by atoms with E-state index in [1.807, 2.05) is 11.8 Å². The number of amidine groups is 1. The number of carbonyl (C=O) groups is 1. The summed E-state index contributed by atoms with van der Waals surface area (Å²) in [6, 6.07) is 5.06. The van der Waals surface area contributed by atoms with E-state index in [4.69, 9.17) is 9.47 Å². The summed E-state index contributed by atoms with van der Waals surface area (Å²) in [4.78, 5) is 18.4. The van der Waals surface area contributed by atoms with Crippen molar-refractivity contribution in [2.75, 3.05) is 30.6 Å². The van der Waals surface area contributed by atoms with Crippen molar-refractivity contribution in [1.29, 1.82) is 0 Å². The highest BCUT2D eigenvalue weighted by atomic mass is 32.2. The molecule has 2 aliphatic rings. The number of hydrogen-bond donors (Lipinski definition) is 0. The molecule has 1 aromatic rings. The summed E-state index contributed by atoms with van der Waals surface area (Å²) in [6.07, 6.45) is 2.09. The molecular formula is C18H24N2O5S2. The predicted octanol–water partition coefficient (Wildman–Crippen LogP) is 2.50. The first-order chi connectivity index (χ1) is 12.9. The lowest BCUT2D eigenvalue weighted by atomic mass is 10.2. The number of hydrogen-bond acceptors (Lipinski definition) is 6. The molecule has 1 amide bonds. The maximum atomic E-state index is 12.3. The first-order valence-electron chi connectivity index (χ1n) is 8.88. The number of nitrogens with zero attached hydrogens (tertiary/aromatic N) is 2. The quantitative estimate of drug-likeness (QED) is 0.710. The van der Waals surface area contributed by atoms with Crippen LogP contribution >= 0.6 is 11.8 Å². The minimum absolute atomic E-state index is 0.0349. The fraction of sp³-hybridized carbons (Fsp3) is 0.556. The number of fused-ring (bicyclic) bond motifs is 1. The predicted molar refractivity (Wildman–Crippen MR) is 108 cm³/mol. The minimum atomic E-state index is -3.12. The van der Waals surface area contributed by atoms with Gasteiger partial charge in [-0.15, -0.1) is 0 Å². The molecule has 27 heavy (non-hydrogen) atoms. The smallest absolute Gasteiger partial charge is 0.248 e. The maximum Gasteiger partial charge on any atom is 0.248 e. The molecule has 0 unspecified atom stereocenters. The third-order valence-corrected chi connectivity index (χ3v) is 7.89. The molecule has 7 nitrogen and oxygen atoms in total. The second kappa shape index (κ2) is 8.10. The van der Waals surface area contributed by atoms with Gasteiger partial charge in [-0.3, -0.25) is 4.79 Å². The van der Waals surface area contributed by atoms with Crippen LogP contribution < -0.4 is 14.4 Å². The fourth-order valence-electron chi connectivity index (χ4n) is 3.32. The molecule has 0 aliphatic carbocycles. The highest BCUT2D eigenvalue weighted by Gasteiger charge is 2.50. The lowest BCUT2D eigenvalue weighted by Gasteiger charge is -2.26. The Bertz CT molecular complexity index is 853. The van der Waals surface area contributed by atoms with Crippen LogP contribution in [0.3, 0.4) is 0 Å². The number of thioether (sulfide) groups is 1. The van der Waals surface area contributed by atoms with Gasteiger partial charge in [-0.05, 0) is 18.6 Å². The van der Waals surface area contributed by atoms with Gasteiger partial charge in [0.25, 0.3) is 0 Å². The third-order valence-electron chi connectivity index (χ3n) is 4.68. The number of aliphatic imine (C=N–C) groups is 1. The van der Waals surface area contributed by atoms with E-state index in [0.717, 1.165) is 12.8 Å². The van der Waals surface area contributed by atoms with Crippen LogP contribution in [-0.4, -0.2) is 56.5 Å². The normalized spacial score (nSPS) is 24.9. The second-order valence-electron chi connectivity index (χ2n) is 6.60. The van der Waals surface area contributed by atoms with E-state index >= 15 is 0 Å².